The van der Waals surface area contributed by atoms with E-state index >= 15 is 0 Å². The fourth-order valence-electron chi connectivity index (χ4n) is 1.93. The smallest absolute Gasteiger partial charge is 0.233 e. The molecule has 0 saturated carbocycles. The third kappa shape index (κ3) is 8.06. The number of hydrogen-bond acceptors (Lipinski definition) is 6. The Balaban J connectivity index is 2.60. The number of amides is 1. The number of rotatable bonds is 9. The number of hydrogen-bond donors (Lipinski definition) is 2. The Morgan fingerprint density at radius 1 is 1.09 bits per heavy atom. The molecule has 0 unspecified atom stereocenters. The first-order chi connectivity index (χ1) is 10.8. The second kappa shape index (κ2) is 9.60. The van der Waals surface area contributed by atoms with E-state index in [1.165, 1.54) is 17.8 Å². The summed E-state index contributed by atoms with van der Waals surface area (Å²) in [6.07, 6.45) is 2.02. The molecular weight excluding hydrogens is 310 g/mol. The number of carbonyl (C=O) groups excluding carboxylic acids is 1. The van der Waals surface area contributed by atoms with E-state index in [9.17, 15) is 4.79 Å². The van der Waals surface area contributed by atoms with Crippen molar-refractivity contribution in [3.05, 3.63) is 6.07 Å². The van der Waals surface area contributed by atoms with E-state index in [1.807, 2.05) is 4.90 Å². The van der Waals surface area contributed by atoms with Gasteiger partial charge in [-0.1, -0.05) is 39.5 Å². The lowest BCUT2D eigenvalue weighted by molar-refractivity contribution is -0.128. The molecule has 0 radical (unpaired) electrons. The molecule has 0 aliphatic carbocycles. The van der Waals surface area contributed by atoms with Crippen molar-refractivity contribution in [3.63, 3.8) is 0 Å². The van der Waals surface area contributed by atoms with Gasteiger partial charge in [-0.2, -0.15) is 0 Å². The van der Waals surface area contributed by atoms with E-state index in [0.717, 1.165) is 25.9 Å². The summed E-state index contributed by atoms with van der Waals surface area (Å²) in [5, 5.41) is 0.448. The van der Waals surface area contributed by atoms with Crippen LogP contribution in [0.15, 0.2) is 11.2 Å². The monoisotopic (exact) mass is 339 g/mol. The number of thioether (sulfide) groups is 1. The normalized spacial score (nSPS) is 11.2. The third-order valence-corrected chi connectivity index (χ3v) is 4.21. The van der Waals surface area contributed by atoms with Gasteiger partial charge < -0.3 is 16.4 Å². The first-order valence-corrected chi connectivity index (χ1v) is 9.07. The summed E-state index contributed by atoms with van der Waals surface area (Å²) in [6.45, 7) is 10.3. The maximum atomic E-state index is 12.5. The zero-order valence-corrected chi connectivity index (χ0v) is 15.4. The van der Waals surface area contributed by atoms with Gasteiger partial charge in [0.25, 0.3) is 0 Å². The van der Waals surface area contributed by atoms with Crippen molar-refractivity contribution < 1.29 is 4.79 Å². The van der Waals surface area contributed by atoms with Gasteiger partial charge in [-0.3, -0.25) is 4.79 Å². The van der Waals surface area contributed by atoms with Crippen LogP contribution in [0.2, 0.25) is 0 Å². The Labute approximate surface area is 143 Å². The summed E-state index contributed by atoms with van der Waals surface area (Å²) in [4.78, 5) is 22.6. The Bertz CT molecular complexity index is 475. The molecule has 0 aliphatic rings. The van der Waals surface area contributed by atoms with Crippen LogP contribution in [0.1, 0.15) is 40.5 Å². The minimum absolute atomic E-state index is 0.112. The van der Waals surface area contributed by atoms with Crippen molar-refractivity contribution in [2.45, 2.75) is 45.7 Å². The van der Waals surface area contributed by atoms with Gasteiger partial charge in [0.05, 0.1) is 5.75 Å². The molecule has 1 amide bonds. The molecule has 4 N–H and O–H groups in total. The van der Waals surface area contributed by atoms with Crippen LogP contribution in [0.4, 0.5) is 11.6 Å². The highest BCUT2D eigenvalue weighted by Crippen LogP contribution is 2.17. The molecule has 23 heavy (non-hydrogen) atoms. The van der Waals surface area contributed by atoms with Crippen molar-refractivity contribution in [1.82, 2.24) is 14.9 Å². The van der Waals surface area contributed by atoms with Gasteiger partial charge in [-0.05, 0) is 24.7 Å². The number of nitrogen functional groups attached to an aromatic ring is 2. The zero-order valence-electron chi connectivity index (χ0n) is 14.6. The van der Waals surface area contributed by atoms with E-state index in [4.69, 9.17) is 11.5 Å². The molecule has 0 bridgehead atoms. The lowest BCUT2D eigenvalue weighted by Crippen LogP contribution is -2.35. The van der Waals surface area contributed by atoms with Crippen LogP contribution in [0.3, 0.4) is 0 Å². The minimum Gasteiger partial charge on any atom is -0.383 e. The van der Waals surface area contributed by atoms with Crippen molar-refractivity contribution >= 4 is 29.3 Å². The number of nitrogens with two attached hydrogens (primary N) is 2. The van der Waals surface area contributed by atoms with Crippen LogP contribution in [0, 0.1) is 11.8 Å². The van der Waals surface area contributed by atoms with Crippen LogP contribution < -0.4 is 11.5 Å². The predicted molar refractivity (Wildman–Crippen MR) is 97.1 cm³/mol. The van der Waals surface area contributed by atoms with E-state index < -0.39 is 0 Å². The van der Waals surface area contributed by atoms with Crippen molar-refractivity contribution in [2.75, 3.05) is 30.3 Å². The molecule has 0 saturated heterocycles. The van der Waals surface area contributed by atoms with Crippen LogP contribution in [0.25, 0.3) is 0 Å². The van der Waals surface area contributed by atoms with Crippen LogP contribution in [-0.2, 0) is 4.79 Å². The van der Waals surface area contributed by atoms with Crippen LogP contribution in [-0.4, -0.2) is 39.6 Å². The van der Waals surface area contributed by atoms with E-state index in [0.29, 0.717) is 34.4 Å². The highest BCUT2D eigenvalue weighted by atomic mass is 32.2. The fourth-order valence-corrected chi connectivity index (χ4v) is 2.71. The second-order valence-electron chi connectivity index (χ2n) is 6.53. The number of anilines is 2. The Hall–Kier alpha value is -1.50. The molecule has 1 aromatic heterocycles. The minimum atomic E-state index is 0.112. The lowest BCUT2D eigenvalue weighted by Gasteiger charge is -2.24. The summed E-state index contributed by atoms with van der Waals surface area (Å²) in [7, 11) is 0. The average Bonchev–Trinajstić information content (AvgIpc) is 2.43. The van der Waals surface area contributed by atoms with Gasteiger partial charge >= 0.3 is 0 Å². The maximum absolute atomic E-state index is 12.5. The van der Waals surface area contributed by atoms with Crippen LogP contribution >= 0.6 is 11.8 Å². The first-order valence-electron chi connectivity index (χ1n) is 8.08. The van der Waals surface area contributed by atoms with Gasteiger partial charge in [-0.25, -0.2) is 9.97 Å². The molecular formula is C16H29N5OS. The molecule has 6 nitrogen and oxygen atoms in total. The van der Waals surface area contributed by atoms with E-state index in [-0.39, 0.29) is 5.91 Å². The number of nitrogens with zero attached hydrogens (tertiary/aromatic N) is 3. The molecule has 1 heterocycles. The molecule has 1 aromatic rings. The van der Waals surface area contributed by atoms with Crippen molar-refractivity contribution in [1.29, 1.82) is 0 Å². The van der Waals surface area contributed by atoms with Crippen molar-refractivity contribution in [2.24, 2.45) is 11.8 Å². The van der Waals surface area contributed by atoms with Crippen LogP contribution in [0.5, 0.6) is 0 Å². The quantitative estimate of drug-likeness (QED) is 0.530. The molecule has 0 fully saturated rings. The van der Waals surface area contributed by atoms with E-state index in [2.05, 4.69) is 37.7 Å². The molecule has 0 aliphatic heterocycles. The Morgan fingerprint density at radius 3 is 2.00 bits per heavy atom. The highest BCUT2D eigenvalue weighted by molar-refractivity contribution is 7.99. The predicted octanol–water partition coefficient (Wildman–Crippen LogP) is 2.65. The Morgan fingerprint density at radius 2 is 1.57 bits per heavy atom. The molecule has 1 rings (SSSR count). The molecule has 0 atom stereocenters. The zero-order chi connectivity index (χ0) is 17.4. The topological polar surface area (TPSA) is 98.1 Å². The molecule has 130 valence electrons. The summed E-state index contributed by atoms with van der Waals surface area (Å²) in [6, 6.07) is 1.50. The molecule has 0 aromatic carbocycles. The number of aromatic nitrogens is 2. The fraction of sp³-hybridized carbons (Fsp3) is 0.688. The lowest BCUT2D eigenvalue weighted by atomic mass is 10.1. The maximum Gasteiger partial charge on any atom is 0.233 e. The van der Waals surface area contributed by atoms with Gasteiger partial charge in [-0.15, -0.1) is 0 Å². The summed E-state index contributed by atoms with van der Waals surface area (Å²) in [5.74, 6) is 2.22. The summed E-state index contributed by atoms with van der Waals surface area (Å²) in [5.41, 5.74) is 11.3. The summed E-state index contributed by atoms with van der Waals surface area (Å²) >= 11 is 1.28. The van der Waals surface area contributed by atoms with Gasteiger partial charge in [0.1, 0.15) is 11.6 Å². The Kier molecular flexibility index (Phi) is 8.16. The van der Waals surface area contributed by atoms with Crippen molar-refractivity contribution in [3.8, 4) is 0 Å². The molecule has 0 spiro atoms. The second-order valence-corrected chi connectivity index (χ2v) is 7.48. The highest BCUT2D eigenvalue weighted by Gasteiger charge is 2.15. The summed E-state index contributed by atoms with van der Waals surface area (Å²) < 4.78 is 0. The third-order valence-electron chi connectivity index (χ3n) is 3.38. The van der Waals surface area contributed by atoms with Gasteiger partial charge in [0.2, 0.25) is 5.91 Å². The average molecular weight is 340 g/mol. The van der Waals surface area contributed by atoms with Gasteiger partial charge in [0.15, 0.2) is 5.16 Å². The first kappa shape index (κ1) is 19.5. The number of carbonyl (C=O) groups is 1. The van der Waals surface area contributed by atoms with E-state index in [1.54, 1.807) is 0 Å². The molecule has 7 heteroatoms. The van der Waals surface area contributed by atoms with Gasteiger partial charge in [0, 0.05) is 19.2 Å². The SMILES string of the molecule is CC(C)CCN(CCC(C)C)C(=O)CSc1nc(N)cc(N)n1. The largest absolute Gasteiger partial charge is 0.383 e. The standard InChI is InChI=1S/C16H29N5OS/c1-11(2)5-7-21(8-6-12(3)4)15(22)10-23-16-19-13(17)9-14(18)20-16/h9,11-12H,5-8,10H2,1-4H3,(H4,17,18,19,20).